The number of ketones is 1. The predicted octanol–water partition coefficient (Wildman–Crippen LogP) is -0.153. The fraction of sp³-hybridized carbons (Fsp3) is 0.556. The molecule has 0 bridgehead atoms. The van der Waals surface area contributed by atoms with E-state index in [1.54, 1.807) is 6.92 Å². The molecule has 0 fully saturated rings. The molecule has 0 saturated carbocycles. The molecule has 0 aromatic carbocycles. The fourth-order valence-corrected chi connectivity index (χ4v) is 0.837. The molecule has 0 heterocycles. The lowest BCUT2D eigenvalue weighted by atomic mass is 10.3. The van der Waals surface area contributed by atoms with Crippen LogP contribution in [0.4, 0.5) is 4.79 Å². The van der Waals surface area contributed by atoms with Gasteiger partial charge in [-0.2, -0.15) is 0 Å². The summed E-state index contributed by atoms with van der Waals surface area (Å²) >= 11 is 0. The van der Waals surface area contributed by atoms with E-state index < -0.39 is 23.6 Å². The molecule has 0 aliphatic heterocycles. The molecular formula is C9H14N2O5. The van der Waals surface area contributed by atoms with Gasteiger partial charge in [0, 0.05) is 13.5 Å². The fourth-order valence-electron chi connectivity index (χ4n) is 0.837. The Morgan fingerprint density at radius 3 is 2.44 bits per heavy atom. The molecule has 0 aliphatic carbocycles. The summed E-state index contributed by atoms with van der Waals surface area (Å²) in [4.78, 5) is 35.6. The molecule has 7 nitrogen and oxygen atoms in total. The average Bonchev–Trinajstić information content (AvgIpc) is 2.16. The first-order valence-corrected chi connectivity index (χ1v) is 4.68. The van der Waals surface area contributed by atoms with Crippen molar-refractivity contribution in [1.82, 2.24) is 5.32 Å². The minimum absolute atomic E-state index is 0.0139. The molecule has 2 N–H and O–H groups in total. The summed E-state index contributed by atoms with van der Waals surface area (Å²) in [5, 5.41) is 10.9. The molecule has 7 heteroatoms. The van der Waals surface area contributed by atoms with Crippen molar-refractivity contribution in [3.05, 3.63) is 0 Å². The Labute approximate surface area is 92.5 Å². The lowest BCUT2D eigenvalue weighted by Gasteiger charge is -2.02. The lowest BCUT2D eigenvalue weighted by molar-refractivity contribution is -0.130. The summed E-state index contributed by atoms with van der Waals surface area (Å²) in [5.74, 6) is -1.99. The number of Topliss-reactive ketones (excluding diaryl/α,β-unsaturated/α-hetero) is 1. The van der Waals surface area contributed by atoms with Gasteiger partial charge in [-0.05, 0) is 6.92 Å². The van der Waals surface area contributed by atoms with Crippen LogP contribution in [0.3, 0.4) is 0 Å². The van der Waals surface area contributed by atoms with Gasteiger partial charge in [-0.1, -0.05) is 0 Å². The van der Waals surface area contributed by atoms with E-state index in [9.17, 15) is 14.4 Å². The van der Waals surface area contributed by atoms with Gasteiger partial charge < -0.3 is 15.2 Å². The number of rotatable bonds is 6. The molecule has 1 amide bonds. The number of amides is 1. The predicted molar refractivity (Wildman–Crippen MR) is 55.6 cm³/mol. The van der Waals surface area contributed by atoms with Gasteiger partial charge in [0.2, 0.25) is 0 Å². The van der Waals surface area contributed by atoms with E-state index in [4.69, 9.17) is 5.11 Å². The number of hydrogen-bond acceptors (Lipinski definition) is 5. The van der Waals surface area contributed by atoms with Crippen LogP contribution in [0.25, 0.3) is 0 Å². The number of carbonyl (C=O) groups excluding carboxylic acids is 2. The van der Waals surface area contributed by atoms with Crippen molar-refractivity contribution < 1.29 is 24.2 Å². The Bertz CT molecular complexity index is 295. The van der Waals surface area contributed by atoms with Crippen LogP contribution in [0.5, 0.6) is 0 Å². The number of hydrogen-bond donors (Lipinski definition) is 2. The number of nitrogens with one attached hydrogen (secondary N) is 1. The highest BCUT2D eigenvalue weighted by Crippen LogP contribution is 1.84. The number of ether oxygens (including phenoxy) is 1. The molecule has 0 atom stereocenters. The second-order valence-electron chi connectivity index (χ2n) is 2.74. The van der Waals surface area contributed by atoms with Crippen LogP contribution in [0, 0.1) is 0 Å². The van der Waals surface area contributed by atoms with Crippen molar-refractivity contribution in [3.8, 4) is 0 Å². The van der Waals surface area contributed by atoms with Crippen LogP contribution in [-0.4, -0.2) is 48.4 Å². The number of carboxylic acid groups (broad SMARTS) is 1. The monoisotopic (exact) mass is 230 g/mol. The highest BCUT2D eigenvalue weighted by molar-refractivity contribution is 6.63. The molecule has 0 aromatic heterocycles. The maximum Gasteiger partial charge on any atom is 0.407 e. The minimum atomic E-state index is -1.37. The van der Waals surface area contributed by atoms with E-state index >= 15 is 0 Å². The molecule has 0 rings (SSSR count). The van der Waals surface area contributed by atoms with E-state index in [-0.39, 0.29) is 19.7 Å². The van der Waals surface area contributed by atoms with Crippen LogP contribution >= 0.6 is 0 Å². The zero-order valence-electron chi connectivity index (χ0n) is 9.15. The summed E-state index contributed by atoms with van der Waals surface area (Å²) in [7, 11) is 0. The molecule has 0 aromatic rings. The molecule has 0 spiro atoms. The number of nitrogens with zero attached hydrogens (tertiary/aromatic N) is 1. The van der Waals surface area contributed by atoms with Crippen LogP contribution < -0.4 is 5.32 Å². The van der Waals surface area contributed by atoms with Crippen LogP contribution in [0.1, 0.15) is 13.8 Å². The maximum atomic E-state index is 10.8. The van der Waals surface area contributed by atoms with E-state index in [1.807, 2.05) is 0 Å². The standard InChI is InChI=1S/C9H14N2O5/c1-3-16-9(15)11-5-4-10-7(6(2)12)8(13)14/h3-5H2,1-2H3,(H,11,15)(H,13,14). The zero-order valence-corrected chi connectivity index (χ0v) is 9.15. The third kappa shape index (κ3) is 5.74. The van der Waals surface area contributed by atoms with E-state index in [0.717, 1.165) is 6.92 Å². The highest BCUT2D eigenvalue weighted by atomic mass is 16.5. The molecular weight excluding hydrogens is 216 g/mol. The van der Waals surface area contributed by atoms with E-state index in [1.165, 1.54) is 0 Å². The average molecular weight is 230 g/mol. The summed E-state index contributed by atoms with van der Waals surface area (Å²) in [5.41, 5.74) is -0.523. The first kappa shape index (κ1) is 14.1. The Hall–Kier alpha value is -1.92. The van der Waals surface area contributed by atoms with Gasteiger partial charge in [-0.3, -0.25) is 9.79 Å². The van der Waals surface area contributed by atoms with Gasteiger partial charge in [0.05, 0.1) is 13.2 Å². The number of aliphatic imine (C=N–C) groups is 1. The van der Waals surface area contributed by atoms with Gasteiger partial charge in [0.15, 0.2) is 11.5 Å². The quantitative estimate of drug-likeness (QED) is 0.375. The van der Waals surface area contributed by atoms with Gasteiger partial charge in [0.1, 0.15) is 0 Å². The minimum Gasteiger partial charge on any atom is -0.476 e. The molecule has 0 saturated heterocycles. The number of carboxylic acids is 1. The first-order chi connectivity index (χ1) is 7.49. The Balaban J connectivity index is 4.02. The van der Waals surface area contributed by atoms with E-state index in [2.05, 4.69) is 15.0 Å². The number of aliphatic carboxylic acids is 1. The molecule has 90 valence electrons. The maximum absolute atomic E-state index is 10.8. The van der Waals surface area contributed by atoms with Gasteiger partial charge in [-0.15, -0.1) is 0 Å². The summed E-state index contributed by atoms with van der Waals surface area (Å²) in [6, 6.07) is 0. The van der Waals surface area contributed by atoms with Crippen molar-refractivity contribution in [1.29, 1.82) is 0 Å². The van der Waals surface area contributed by atoms with Crippen molar-refractivity contribution in [3.63, 3.8) is 0 Å². The van der Waals surface area contributed by atoms with Crippen molar-refractivity contribution >= 4 is 23.6 Å². The van der Waals surface area contributed by atoms with Crippen LogP contribution in [0.2, 0.25) is 0 Å². The van der Waals surface area contributed by atoms with Crippen molar-refractivity contribution in [2.45, 2.75) is 13.8 Å². The number of carbonyl (C=O) groups is 3. The second-order valence-corrected chi connectivity index (χ2v) is 2.74. The van der Waals surface area contributed by atoms with Crippen molar-refractivity contribution in [2.75, 3.05) is 19.7 Å². The van der Waals surface area contributed by atoms with E-state index in [0.29, 0.717) is 0 Å². The van der Waals surface area contributed by atoms with Gasteiger partial charge >= 0.3 is 12.1 Å². The number of alkyl carbamates (subject to hydrolysis) is 1. The summed E-state index contributed by atoms with van der Waals surface area (Å²) < 4.78 is 4.56. The van der Waals surface area contributed by atoms with Gasteiger partial charge in [0.25, 0.3) is 0 Å². The first-order valence-electron chi connectivity index (χ1n) is 4.68. The van der Waals surface area contributed by atoms with Crippen LogP contribution in [0.15, 0.2) is 4.99 Å². The second kappa shape index (κ2) is 7.38. The zero-order chi connectivity index (χ0) is 12.6. The SMILES string of the molecule is CCOC(=O)NCCN=C(C(C)=O)C(=O)O. The highest BCUT2D eigenvalue weighted by Gasteiger charge is 2.13. The summed E-state index contributed by atoms with van der Waals surface area (Å²) in [6.45, 7) is 3.16. The Morgan fingerprint density at radius 2 is 2.00 bits per heavy atom. The van der Waals surface area contributed by atoms with Gasteiger partial charge in [-0.25, -0.2) is 9.59 Å². The smallest absolute Gasteiger partial charge is 0.407 e. The molecule has 0 radical (unpaired) electrons. The van der Waals surface area contributed by atoms with Crippen LogP contribution in [-0.2, 0) is 14.3 Å². The van der Waals surface area contributed by atoms with Crippen molar-refractivity contribution in [2.24, 2.45) is 4.99 Å². The third-order valence-corrected chi connectivity index (χ3v) is 1.46. The molecule has 0 aliphatic rings. The third-order valence-electron chi connectivity index (χ3n) is 1.46. The summed E-state index contributed by atoms with van der Waals surface area (Å²) in [6.07, 6.45) is -0.600. The Kier molecular flexibility index (Phi) is 6.50. The topological polar surface area (TPSA) is 105 Å². The molecule has 0 unspecified atom stereocenters. The lowest BCUT2D eigenvalue weighted by Crippen LogP contribution is -2.28. The normalized spacial score (nSPS) is 10.8. The Morgan fingerprint density at radius 1 is 1.38 bits per heavy atom. The largest absolute Gasteiger partial charge is 0.476 e. The molecule has 16 heavy (non-hydrogen) atoms.